The van der Waals surface area contributed by atoms with Gasteiger partial charge in [0, 0.05) is 37.0 Å². The monoisotopic (exact) mass is 441 g/mol. The molecule has 0 bridgehead atoms. The molecule has 3 heterocycles. The highest BCUT2D eigenvalue weighted by atomic mass is 19.1. The number of anilines is 3. The van der Waals surface area contributed by atoms with Gasteiger partial charge < -0.3 is 15.5 Å². The molecule has 1 amide bonds. The lowest BCUT2D eigenvalue weighted by atomic mass is 9.99. The molecule has 0 radical (unpaired) electrons. The maximum atomic E-state index is 13.9. The van der Waals surface area contributed by atoms with Crippen LogP contribution in [0.5, 0.6) is 0 Å². The zero-order valence-corrected chi connectivity index (χ0v) is 18.4. The van der Waals surface area contributed by atoms with Crippen molar-refractivity contribution in [3.8, 4) is 0 Å². The second kappa shape index (κ2) is 8.52. The van der Waals surface area contributed by atoms with Crippen molar-refractivity contribution in [1.82, 2.24) is 19.7 Å². The molecule has 4 rings (SSSR count). The van der Waals surface area contributed by atoms with Crippen LogP contribution in [0.3, 0.4) is 0 Å². The summed E-state index contributed by atoms with van der Waals surface area (Å²) in [6, 6.07) is 3.19. The van der Waals surface area contributed by atoms with Crippen LogP contribution in [0.1, 0.15) is 30.7 Å². The number of rotatable bonds is 6. The molecular formula is C22H25F2N7O. The van der Waals surface area contributed by atoms with Gasteiger partial charge in [-0.3, -0.25) is 9.48 Å². The highest BCUT2D eigenvalue weighted by molar-refractivity contribution is 6.03. The summed E-state index contributed by atoms with van der Waals surface area (Å²) in [5.74, 6) is -0.0511. The highest BCUT2D eigenvalue weighted by Gasteiger charge is 2.35. The summed E-state index contributed by atoms with van der Waals surface area (Å²) in [5.41, 5.74) is 2.50. The van der Waals surface area contributed by atoms with Crippen LogP contribution in [-0.2, 0) is 17.9 Å². The number of carbonyl (C=O) groups excluding carboxylic acids is 1. The first-order valence-corrected chi connectivity index (χ1v) is 10.3. The third kappa shape index (κ3) is 4.25. The van der Waals surface area contributed by atoms with E-state index in [4.69, 9.17) is 0 Å². The van der Waals surface area contributed by atoms with Gasteiger partial charge in [-0.05, 0) is 18.9 Å². The van der Waals surface area contributed by atoms with Crippen LogP contribution in [0.25, 0.3) is 0 Å². The Morgan fingerprint density at radius 2 is 2.03 bits per heavy atom. The molecule has 1 atom stereocenters. The number of carbonyl (C=O) groups is 1. The largest absolute Gasteiger partial charge is 0.350 e. The average Bonchev–Trinajstić information content (AvgIpc) is 3.17. The average molecular weight is 441 g/mol. The number of aryl methyl sites for hydroxylation is 1. The summed E-state index contributed by atoms with van der Waals surface area (Å²) < 4.78 is 28.6. The first kappa shape index (κ1) is 21.7. The van der Waals surface area contributed by atoms with E-state index in [1.165, 1.54) is 12.1 Å². The van der Waals surface area contributed by atoms with Crippen molar-refractivity contribution in [2.45, 2.75) is 39.9 Å². The van der Waals surface area contributed by atoms with Gasteiger partial charge in [-0.1, -0.05) is 19.9 Å². The maximum absolute atomic E-state index is 13.9. The molecule has 0 spiro atoms. The summed E-state index contributed by atoms with van der Waals surface area (Å²) in [5, 5.41) is 10.4. The standard InChI is InChI=1S/C22H25F2N7O/c1-12(2)19-21(32)28-18-13(3)27-22(29-20(18)30(19)4)25-8-14-9-26-31(10-14)11-15-5-6-16(23)7-17(15)24/h5-7,9-10,12,19H,8,11H2,1-4H3,(H,28,32)(H,25,27,29)/t19-/m0/s1. The van der Waals surface area contributed by atoms with Gasteiger partial charge in [0.2, 0.25) is 11.9 Å². The molecular weight excluding hydrogens is 416 g/mol. The molecule has 2 N–H and O–H groups in total. The number of aromatic nitrogens is 4. The Morgan fingerprint density at radius 1 is 1.25 bits per heavy atom. The molecule has 3 aromatic rings. The number of fused-ring (bicyclic) bond motifs is 1. The summed E-state index contributed by atoms with van der Waals surface area (Å²) in [6.45, 7) is 6.42. The van der Waals surface area contributed by atoms with Gasteiger partial charge >= 0.3 is 0 Å². The fourth-order valence-electron chi connectivity index (χ4n) is 3.88. The smallest absolute Gasteiger partial charge is 0.247 e. The zero-order chi connectivity index (χ0) is 23.0. The van der Waals surface area contributed by atoms with Crippen molar-refractivity contribution in [3.05, 3.63) is 59.0 Å². The number of hydrogen-bond acceptors (Lipinski definition) is 6. The van der Waals surface area contributed by atoms with Crippen molar-refractivity contribution in [1.29, 1.82) is 0 Å². The molecule has 0 fully saturated rings. The molecule has 1 aliphatic rings. The van der Waals surface area contributed by atoms with Crippen LogP contribution in [-0.4, -0.2) is 38.7 Å². The molecule has 8 nitrogen and oxygen atoms in total. The van der Waals surface area contributed by atoms with Gasteiger partial charge in [-0.25, -0.2) is 13.8 Å². The molecule has 0 unspecified atom stereocenters. The first-order chi connectivity index (χ1) is 15.2. The van der Waals surface area contributed by atoms with Gasteiger partial charge in [0.15, 0.2) is 5.82 Å². The van der Waals surface area contributed by atoms with Gasteiger partial charge in [-0.2, -0.15) is 10.1 Å². The van der Waals surface area contributed by atoms with E-state index in [1.54, 1.807) is 17.1 Å². The summed E-state index contributed by atoms with van der Waals surface area (Å²) in [7, 11) is 1.86. The van der Waals surface area contributed by atoms with Gasteiger partial charge in [0.1, 0.15) is 23.4 Å². The summed E-state index contributed by atoms with van der Waals surface area (Å²) in [6.07, 6.45) is 3.45. The fraction of sp³-hybridized carbons (Fsp3) is 0.364. The number of hydrogen-bond donors (Lipinski definition) is 2. The van der Waals surface area contributed by atoms with Crippen molar-refractivity contribution in [2.24, 2.45) is 5.92 Å². The molecule has 168 valence electrons. The van der Waals surface area contributed by atoms with E-state index in [2.05, 4.69) is 25.7 Å². The van der Waals surface area contributed by atoms with Gasteiger partial charge in [0.05, 0.1) is 18.4 Å². The van der Waals surface area contributed by atoms with E-state index in [0.717, 1.165) is 11.6 Å². The Kier molecular flexibility index (Phi) is 5.77. The topological polar surface area (TPSA) is 88.0 Å². The van der Waals surface area contributed by atoms with E-state index in [-0.39, 0.29) is 24.4 Å². The normalized spacial score (nSPS) is 15.7. The Morgan fingerprint density at radius 3 is 2.75 bits per heavy atom. The number of benzene rings is 1. The van der Waals surface area contributed by atoms with E-state index >= 15 is 0 Å². The lowest BCUT2D eigenvalue weighted by Crippen LogP contribution is -2.49. The van der Waals surface area contributed by atoms with E-state index in [9.17, 15) is 13.6 Å². The van der Waals surface area contributed by atoms with Crippen LogP contribution >= 0.6 is 0 Å². The predicted octanol–water partition coefficient (Wildman–Crippen LogP) is 3.33. The van der Waals surface area contributed by atoms with Gasteiger partial charge in [-0.15, -0.1) is 0 Å². The minimum absolute atomic E-state index is 0.0626. The molecule has 0 saturated carbocycles. The minimum atomic E-state index is -0.609. The Balaban J connectivity index is 1.47. The lowest BCUT2D eigenvalue weighted by Gasteiger charge is -2.36. The molecule has 1 aliphatic heterocycles. The number of nitrogens with zero attached hydrogens (tertiary/aromatic N) is 5. The quantitative estimate of drug-likeness (QED) is 0.610. The van der Waals surface area contributed by atoms with Crippen molar-refractivity contribution >= 4 is 23.4 Å². The SMILES string of the molecule is Cc1nc(NCc2cnn(Cc3ccc(F)cc3F)c2)nc2c1NC(=O)[C@H](C(C)C)N2C. The maximum Gasteiger partial charge on any atom is 0.247 e. The Labute approximate surface area is 184 Å². The Bertz CT molecular complexity index is 1160. The van der Waals surface area contributed by atoms with Crippen LogP contribution in [0.4, 0.5) is 26.2 Å². The van der Waals surface area contributed by atoms with Gasteiger partial charge in [0.25, 0.3) is 0 Å². The third-order valence-corrected chi connectivity index (χ3v) is 5.46. The number of nitrogens with one attached hydrogen (secondary N) is 2. The van der Waals surface area contributed by atoms with E-state index < -0.39 is 11.6 Å². The fourth-order valence-corrected chi connectivity index (χ4v) is 3.88. The second-order valence-electron chi connectivity index (χ2n) is 8.26. The number of likely N-dealkylation sites (N-methyl/N-ethyl adjacent to an activating group) is 1. The first-order valence-electron chi connectivity index (χ1n) is 10.3. The second-order valence-corrected chi connectivity index (χ2v) is 8.26. The molecule has 0 aliphatic carbocycles. The third-order valence-electron chi connectivity index (χ3n) is 5.46. The van der Waals surface area contributed by atoms with Crippen LogP contribution < -0.4 is 15.5 Å². The molecule has 10 heteroatoms. The number of amides is 1. The van der Waals surface area contributed by atoms with Crippen LogP contribution in [0.15, 0.2) is 30.6 Å². The molecule has 32 heavy (non-hydrogen) atoms. The predicted molar refractivity (Wildman–Crippen MR) is 117 cm³/mol. The molecule has 1 aromatic carbocycles. The van der Waals surface area contributed by atoms with Crippen LogP contribution in [0.2, 0.25) is 0 Å². The van der Waals surface area contributed by atoms with Crippen molar-refractivity contribution in [3.63, 3.8) is 0 Å². The zero-order valence-electron chi connectivity index (χ0n) is 18.4. The van der Waals surface area contributed by atoms with Crippen molar-refractivity contribution in [2.75, 3.05) is 22.6 Å². The lowest BCUT2D eigenvalue weighted by molar-refractivity contribution is -0.118. The highest BCUT2D eigenvalue weighted by Crippen LogP contribution is 2.34. The number of halogens is 2. The van der Waals surface area contributed by atoms with Crippen LogP contribution in [0, 0.1) is 24.5 Å². The van der Waals surface area contributed by atoms with E-state index in [1.807, 2.05) is 32.7 Å². The van der Waals surface area contributed by atoms with Crippen molar-refractivity contribution < 1.29 is 13.6 Å². The molecule has 0 saturated heterocycles. The Hall–Kier alpha value is -3.56. The minimum Gasteiger partial charge on any atom is -0.350 e. The van der Waals surface area contributed by atoms with E-state index in [0.29, 0.717) is 35.3 Å². The molecule has 2 aromatic heterocycles. The summed E-state index contributed by atoms with van der Waals surface area (Å²) >= 11 is 0. The summed E-state index contributed by atoms with van der Waals surface area (Å²) in [4.78, 5) is 23.4.